The molecule has 2 saturated heterocycles. The number of hydrazine groups is 1. The molecule has 0 N–H and O–H groups in total. The average molecular weight is 511 g/mol. The van der Waals surface area contributed by atoms with Crippen LogP contribution in [0, 0.1) is 9.49 Å². The zero-order valence-electron chi connectivity index (χ0n) is 15.2. The number of carbonyl (C=O) groups excluding carboxylic acids is 3. The molecule has 1 aromatic carbocycles. The second-order valence-corrected chi connectivity index (χ2v) is 8.81. The Balaban J connectivity index is 1.84. The Kier molecular flexibility index (Phi) is 5.15. The number of rotatable bonds is 3. The molecule has 0 spiro atoms. The number of nitrogens with zero attached hydrogens (tertiary/aromatic N) is 3. The van der Waals surface area contributed by atoms with Crippen molar-refractivity contribution in [3.8, 4) is 0 Å². The Morgan fingerprint density at radius 3 is 2.54 bits per heavy atom. The summed E-state index contributed by atoms with van der Waals surface area (Å²) in [5.74, 6) is -1.31. The normalized spacial score (nSPS) is 24.8. The summed E-state index contributed by atoms with van der Waals surface area (Å²) in [5, 5.41) is 5.08. The van der Waals surface area contributed by atoms with Gasteiger partial charge in [0.2, 0.25) is 5.91 Å². The average Bonchev–Trinajstić information content (AvgIpc) is 3.37. The summed E-state index contributed by atoms with van der Waals surface area (Å²) in [6.45, 7) is 0.383. The van der Waals surface area contributed by atoms with E-state index in [1.54, 1.807) is 0 Å². The smallest absolute Gasteiger partial charge is 0.424 e. The maximum absolute atomic E-state index is 12.9. The predicted octanol–water partition coefficient (Wildman–Crippen LogP) is 2.88. The number of hydrogen-bond acceptors (Lipinski definition) is 6. The molecule has 28 heavy (non-hydrogen) atoms. The molecule has 2 aliphatic heterocycles. The number of likely N-dealkylation sites (N-methyl/N-ethyl adjacent to an activating group) is 1. The topological polar surface area (TPSA) is 70.2 Å². The number of hydrogen-bond donors (Lipinski definition) is 0. The van der Waals surface area contributed by atoms with Gasteiger partial charge in [-0.2, -0.15) is 0 Å². The number of carbonyl (C=O) groups is 3. The van der Waals surface area contributed by atoms with Gasteiger partial charge in [0.1, 0.15) is 6.04 Å². The van der Waals surface area contributed by atoms with E-state index in [9.17, 15) is 14.4 Å². The van der Waals surface area contributed by atoms with Gasteiger partial charge in [0.15, 0.2) is 0 Å². The van der Waals surface area contributed by atoms with Gasteiger partial charge in [-0.25, -0.2) is 14.8 Å². The summed E-state index contributed by atoms with van der Waals surface area (Å²) < 4.78 is 6.03. The fourth-order valence-corrected chi connectivity index (χ4v) is 5.37. The third-order valence-electron chi connectivity index (χ3n) is 5.23. The van der Waals surface area contributed by atoms with Gasteiger partial charge in [0.05, 0.1) is 19.1 Å². The third kappa shape index (κ3) is 2.92. The highest BCUT2D eigenvalue weighted by Crippen LogP contribution is 2.48. The zero-order valence-corrected chi connectivity index (χ0v) is 18.2. The Morgan fingerprint density at radius 2 is 1.89 bits per heavy atom. The first-order chi connectivity index (χ1) is 13.5. The molecule has 2 aliphatic rings. The SMILES string of the molecule is COC(=O)N1[C@@H]2C(=O)N(C)C(=O)[C@@H]2[C@@H](c2cccs2)N1Cc1ccccc1I. The molecule has 3 atom stereocenters. The van der Waals surface area contributed by atoms with Crippen LogP contribution in [0.2, 0.25) is 0 Å². The standard InChI is InChI=1S/C19H18IN3O4S/c1-21-17(24)14-15(13-8-5-9-28-13)22(10-11-6-3-4-7-12(11)20)23(19(26)27-2)16(14)18(21)25/h3-9,14-16H,10H2,1-2H3/t14-,15-,16+/m1/s1. The Labute approximate surface area is 180 Å². The van der Waals surface area contributed by atoms with Crippen LogP contribution in [0.5, 0.6) is 0 Å². The van der Waals surface area contributed by atoms with Gasteiger partial charge in [-0.3, -0.25) is 14.5 Å². The molecule has 7 nitrogen and oxygen atoms in total. The first-order valence-corrected chi connectivity index (χ1v) is 10.6. The van der Waals surface area contributed by atoms with Crippen molar-refractivity contribution in [1.82, 2.24) is 14.9 Å². The summed E-state index contributed by atoms with van der Waals surface area (Å²) in [4.78, 5) is 40.5. The number of fused-ring (bicyclic) bond motifs is 1. The number of benzene rings is 1. The Morgan fingerprint density at radius 1 is 1.14 bits per heavy atom. The summed E-state index contributed by atoms with van der Waals surface area (Å²) in [6, 6.07) is 10.4. The number of halogens is 1. The second-order valence-electron chi connectivity index (χ2n) is 6.67. The molecule has 4 rings (SSSR count). The van der Waals surface area contributed by atoms with Crippen molar-refractivity contribution in [2.24, 2.45) is 5.92 Å². The van der Waals surface area contributed by atoms with Crippen LogP contribution in [0.3, 0.4) is 0 Å². The van der Waals surface area contributed by atoms with Crippen LogP contribution >= 0.6 is 33.9 Å². The third-order valence-corrected chi connectivity index (χ3v) is 7.22. The molecule has 146 valence electrons. The van der Waals surface area contributed by atoms with E-state index in [1.807, 2.05) is 46.8 Å². The maximum Gasteiger partial charge on any atom is 0.424 e. The van der Waals surface area contributed by atoms with Crippen molar-refractivity contribution in [3.63, 3.8) is 0 Å². The van der Waals surface area contributed by atoms with Crippen molar-refractivity contribution >= 4 is 51.8 Å². The minimum Gasteiger partial charge on any atom is -0.452 e. The lowest BCUT2D eigenvalue weighted by molar-refractivity contribution is -0.143. The van der Waals surface area contributed by atoms with Crippen LogP contribution < -0.4 is 0 Å². The van der Waals surface area contributed by atoms with Crippen LogP contribution in [0.1, 0.15) is 16.5 Å². The zero-order chi connectivity index (χ0) is 20.0. The van der Waals surface area contributed by atoms with Crippen molar-refractivity contribution in [1.29, 1.82) is 0 Å². The van der Waals surface area contributed by atoms with E-state index in [0.29, 0.717) is 6.54 Å². The predicted molar refractivity (Wildman–Crippen MR) is 111 cm³/mol. The highest BCUT2D eigenvalue weighted by Gasteiger charge is 2.63. The molecule has 2 aromatic rings. The van der Waals surface area contributed by atoms with Crippen LogP contribution in [-0.2, 0) is 20.9 Å². The van der Waals surface area contributed by atoms with Crippen LogP contribution in [0.25, 0.3) is 0 Å². The van der Waals surface area contributed by atoms with E-state index in [2.05, 4.69) is 22.6 Å². The molecule has 0 unspecified atom stereocenters. The molecule has 3 amide bonds. The van der Waals surface area contributed by atoms with Crippen molar-refractivity contribution in [2.45, 2.75) is 18.6 Å². The first-order valence-electron chi connectivity index (χ1n) is 8.67. The first kappa shape index (κ1) is 19.3. The molecule has 3 heterocycles. The Bertz CT molecular complexity index is 935. The van der Waals surface area contributed by atoms with Gasteiger partial charge in [-0.05, 0) is 45.7 Å². The molecule has 9 heteroatoms. The number of imide groups is 1. The summed E-state index contributed by atoms with van der Waals surface area (Å²) in [6.07, 6.45) is -0.642. The summed E-state index contributed by atoms with van der Waals surface area (Å²) in [7, 11) is 2.75. The van der Waals surface area contributed by atoms with E-state index < -0.39 is 24.1 Å². The number of thiophene rings is 1. The van der Waals surface area contributed by atoms with Gasteiger partial charge in [-0.1, -0.05) is 24.3 Å². The lowest BCUT2D eigenvalue weighted by atomic mass is 9.94. The van der Waals surface area contributed by atoms with Gasteiger partial charge < -0.3 is 4.74 Å². The van der Waals surface area contributed by atoms with E-state index in [4.69, 9.17) is 4.74 Å². The highest BCUT2D eigenvalue weighted by molar-refractivity contribution is 14.1. The van der Waals surface area contributed by atoms with Crippen LogP contribution in [0.15, 0.2) is 41.8 Å². The van der Waals surface area contributed by atoms with Crippen LogP contribution in [0.4, 0.5) is 4.79 Å². The minimum atomic E-state index is -0.890. The van der Waals surface area contributed by atoms with Crippen molar-refractivity contribution in [3.05, 3.63) is 55.8 Å². The largest absolute Gasteiger partial charge is 0.452 e. The highest BCUT2D eigenvalue weighted by atomic mass is 127. The fraction of sp³-hybridized carbons (Fsp3) is 0.316. The number of methoxy groups -OCH3 is 1. The van der Waals surface area contributed by atoms with E-state index in [-0.39, 0.29) is 11.8 Å². The lowest BCUT2D eigenvalue weighted by Gasteiger charge is -2.33. The Hall–Kier alpha value is -1.98. The number of likely N-dealkylation sites (tertiary alicyclic amines) is 1. The fourth-order valence-electron chi connectivity index (χ4n) is 3.93. The number of ether oxygens (including phenoxy) is 1. The van der Waals surface area contributed by atoms with Gasteiger partial charge >= 0.3 is 6.09 Å². The molecule has 0 aliphatic carbocycles. The summed E-state index contributed by atoms with van der Waals surface area (Å²) >= 11 is 3.75. The molecular formula is C19H18IN3O4S. The van der Waals surface area contributed by atoms with Gasteiger partial charge in [-0.15, -0.1) is 11.3 Å². The minimum absolute atomic E-state index is 0.271. The quantitative estimate of drug-likeness (QED) is 0.469. The molecule has 2 fully saturated rings. The van der Waals surface area contributed by atoms with Crippen molar-refractivity contribution in [2.75, 3.05) is 14.2 Å². The van der Waals surface area contributed by atoms with E-state index in [1.165, 1.54) is 30.5 Å². The lowest BCUT2D eigenvalue weighted by Crippen LogP contribution is -2.49. The van der Waals surface area contributed by atoms with Crippen molar-refractivity contribution < 1.29 is 19.1 Å². The number of amides is 3. The monoisotopic (exact) mass is 511 g/mol. The molecule has 0 radical (unpaired) electrons. The molecule has 1 aromatic heterocycles. The van der Waals surface area contributed by atoms with Gasteiger partial charge in [0, 0.05) is 22.0 Å². The van der Waals surface area contributed by atoms with E-state index in [0.717, 1.165) is 18.9 Å². The maximum atomic E-state index is 12.9. The second kappa shape index (κ2) is 7.45. The molecule has 0 saturated carbocycles. The van der Waals surface area contributed by atoms with Crippen LogP contribution in [-0.4, -0.2) is 53.0 Å². The molecule has 0 bridgehead atoms. The van der Waals surface area contributed by atoms with Gasteiger partial charge in [0.25, 0.3) is 5.91 Å². The summed E-state index contributed by atoms with van der Waals surface area (Å²) in [5.41, 5.74) is 1.01. The molecular weight excluding hydrogens is 493 g/mol. The van der Waals surface area contributed by atoms with E-state index >= 15 is 0 Å².